The summed E-state index contributed by atoms with van der Waals surface area (Å²) >= 11 is 0. The summed E-state index contributed by atoms with van der Waals surface area (Å²) in [5.41, 5.74) is 2.12. The van der Waals surface area contributed by atoms with Crippen LogP contribution in [0.3, 0.4) is 0 Å². The normalized spacial score (nSPS) is 10.6. The van der Waals surface area contributed by atoms with Gasteiger partial charge in [0.1, 0.15) is 5.75 Å². The third kappa shape index (κ3) is 5.21. The number of carbonyl (C=O) groups excluding carboxylic acids is 2. The minimum atomic E-state index is -0.240. The van der Waals surface area contributed by atoms with Crippen LogP contribution in [0.25, 0.3) is 6.08 Å². The summed E-state index contributed by atoms with van der Waals surface area (Å²) in [6.45, 7) is 5.24. The number of benzene rings is 2. The third-order valence-electron chi connectivity index (χ3n) is 3.97. The van der Waals surface area contributed by atoms with E-state index in [1.165, 1.54) is 6.08 Å². The molecule has 0 aliphatic heterocycles. The molecule has 0 aliphatic carbocycles. The Hall–Kier alpha value is -3.08. The van der Waals surface area contributed by atoms with E-state index in [-0.39, 0.29) is 11.8 Å². The fourth-order valence-electron chi connectivity index (χ4n) is 2.49. The highest BCUT2D eigenvalue weighted by Crippen LogP contribution is 2.14. The molecular formula is C21H24N2O3. The summed E-state index contributed by atoms with van der Waals surface area (Å²) in [5.74, 6) is 0.488. The van der Waals surface area contributed by atoms with Crippen molar-refractivity contribution in [1.82, 2.24) is 4.90 Å². The van der Waals surface area contributed by atoms with Crippen molar-refractivity contribution in [2.45, 2.75) is 13.8 Å². The molecule has 0 saturated heterocycles. The van der Waals surface area contributed by atoms with E-state index >= 15 is 0 Å². The number of hydrogen-bond donors (Lipinski definition) is 1. The summed E-state index contributed by atoms with van der Waals surface area (Å²) in [5, 5.41) is 2.78. The van der Waals surface area contributed by atoms with Crippen molar-refractivity contribution in [3.63, 3.8) is 0 Å². The molecule has 0 atom stereocenters. The van der Waals surface area contributed by atoms with E-state index in [2.05, 4.69) is 5.32 Å². The molecule has 26 heavy (non-hydrogen) atoms. The fraction of sp³-hybridized carbons (Fsp3) is 0.238. The zero-order chi connectivity index (χ0) is 18.9. The Labute approximate surface area is 154 Å². The van der Waals surface area contributed by atoms with Gasteiger partial charge in [-0.1, -0.05) is 12.1 Å². The lowest BCUT2D eigenvalue weighted by Gasteiger charge is -2.18. The largest absolute Gasteiger partial charge is 0.497 e. The van der Waals surface area contributed by atoms with Gasteiger partial charge in [0.05, 0.1) is 7.11 Å². The van der Waals surface area contributed by atoms with E-state index in [1.54, 1.807) is 42.4 Å². The van der Waals surface area contributed by atoms with E-state index in [0.29, 0.717) is 24.3 Å². The number of methoxy groups -OCH3 is 1. The van der Waals surface area contributed by atoms with Crippen molar-refractivity contribution in [2.75, 3.05) is 25.5 Å². The summed E-state index contributed by atoms with van der Waals surface area (Å²) in [4.78, 5) is 26.1. The van der Waals surface area contributed by atoms with E-state index in [4.69, 9.17) is 4.74 Å². The van der Waals surface area contributed by atoms with Gasteiger partial charge in [-0.25, -0.2) is 0 Å². The zero-order valence-corrected chi connectivity index (χ0v) is 15.4. The highest BCUT2D eigenvalue weighted by atomic mass is 16.5. The molecule has 1 N–H and O–H groups in total. The van der Waals surface area contributed by atoms with Crippen molar-refractivity contribution < 1.29 is 14.3 Å². The Morgan fingerprint density at radius 2 is 1.77 bits per heavy atom. The quantitative estimate of drug-likeness (QED) is 0.771. The molecule has 0 radical (unpaired) electrons. The number of hydrogen-bond acceptors (Lipinski definition) is 3. The molecule has 0 aliphatic rings. The highest BCUT2D eigenvalue weighted by Gasteiger charge is 2.12. The van der Waals surface area contributed by atoms with E-state index in [0.717, 1.165) is 11.3 Å². The molecule has 0 unspecified atom stereocenters. The Bertz CT molecular complexity index is 778. The minimum absolute atomic E-state index is 0.00852. The van der Waals surface area contributed by atoms with Crippen LogP contribution in [-0.2, 0) is 4.79 Å². The van der Waals surface area contributed by atoms with Gasteiger partial charge in [0.25, 0.3) is 5.91 Å². The van der Waals surface area contributed by atoms with Gasteiger partial charge in [-0.3, -0.25) is 9.59 Å². The molecule has 5 nitrogen and oxygen atoms in total. The molecule has 0 spiro atoms. The maximum Gasteiger partial charge on any atom is 0.253 e. The van der Waals surface area contributed by atoms with Gasteiger partial charge in [-0.05, 0) is 61.9 Å². The van der Waals surface area contributed by atoms with Crippen molar-refractivity contribution >= 4 is 23.6 Å². The Morgan fingerprint density at radius 1 is 1.08 bits per heavy atom. The summed E-state index contributed by atoms with van der Waals surface area (Å²) in [6.07, 6.45) is 3.18. The van der Waals surface area contributed by atoms with Crippen molar-refractivity contribution in [2.24, 2.45) is 0 Å². The highest BCUT2D eigenvalue weighted by molar-refractivity contribution is 6.02. The Morgan fingerprint density at radius 3 is 2.38 bits per heavy atom. The van der Waals surface area contributed by atoms with Crippen molar-refractivity contribution in [3.05, 3.63) is 65.7 Å². The predicted octanol–water partition coefficient (Wildman–Crippen LogP) is 3.83. The monoisotopic (exact) mass is 352 g/mol. The first kappa shape index (κ1) is 19.2. The molecule has 0 saturated carbocycles. The molecule has 2 aromatic rings. The second kappa shape index (κ2) is 9.42. The molecule has 5 heteroatoms. The number of carbonyl (C=O) groups is 2. The van der Waals surface area contributed by atoms with Gasteiger partial charge in [0.15, 0.2) is 0 Å². The van der Waals surface area contributed by atoms with Gasteiger partial charge >= 0.3 is 0 Å². The number of ether oxygens (including phenoxy) is 1. The van der Waals surface area contributed by atoms with Gasteiger partial charge in [-0.2, -0.15) is 0 Å². The molecule has 2 rings (SSSR count). The van der Waals surface area contributed by atoms with Gasteiger partial charge in [0.2, 0.25) is 5.91 Å². The summed E-state index contributed by atoms with van der Waals surface area (Å²) in [6, 6.07) is 14.4. The van der Waals surface area contributed by atoms with E-state index < -0.39 is 0 Å². The minimum Gasteiger partial charge on any atom is -0.497 e. The number of amides is 2. The number of nitrogens with zero attached hydrogens (tertiary/aromatic N) is 1. The van der Waals surface area contributed by atoms with Crippen molar-refractivity contribution in [1.29, 1.82) is 0 Å². The smallest absolute Gasteiger partial charge is 0.253 e. The third-order valence-corrected chi connectivity index (χ3v) is 3.97. The molecule has 2 amide bonds. The summed E-state index contributed by atoms with van der Waals surface area (Å²) in [7, 11) is 1.60. The van der Waals surface area contributed by atoms with Gasteiger partial charge in [-0.15, -0.1) is 0 Å². The lowest BCUT2D eigenvalue weighted by Crippen LogP contribution is -2.30. The van der Waals surface area contributed by atoms with Crippen LogP contribution in [0.5, 0.6) is 5.75 Å². The second-order valence-corrected chi connectivity index (χ2v) is 5.65. The SMILES string of the molecule is CCN(CC)C(=O)c1ccc(NC(=O)/C=C/c2cccc(OC)c2)cc1. The fourth-order valence-corrected chi connectivity index (χ4v) is 2.49. The van der Waals surface area contributed by atoms with E-state index in [9.17, 15) is 9.59 Å². The lowest BCUT2D eigenvalue weighted by molar-refractivity contribution is -0.111. The molecule has 0 bridgehead atoms. The van der Waals surface area contributed by atoms with Crippen LogP contribution in [0, 0.1) is 0 Å². The van der Waals surface area contributed by atoms with Crippen LogP contribution in [0.2, 0.25) is 0 Å². The average molecular weight is 352 g/mol. The zero-order valence-electron chi connectivity index (χ0n) is 15.4. The average Bonchev–Trinajstić information content (AvgIpc) is 2.68. The first-order valence-corrected chi connectivity index (χ1v) is 8.59. The first-order valence-electron chi connectivity index (χ1n) is 8.59. The van der Waals surface area contributed by atoms with Crippen LogP contribution >= 0.6 is 0 Å². The molecule has 0 heterocycles. The summed E-state index contributed by atoms with van der Waals surface area (Å²) < 4.78 is 5.16. The predicted molar refractivity (Wildman–Crippen MR) is 104 cm³/mol. The molecule has 2 aromatic carbocycles. The van der Waals surface area contributed by atoms with Crippen LogP contribution in [-0.4, -0.2) is 36.9 Å². The Balaban J connectivity index is 1.98. The lowest BCUT2D eigenvalue weighted by atomic mass is 10.1. The topological polar surface area (TPSA) is 58.6 Å². The van der Waals surface area contributed by atoms with E-state index in [1.807, 2.05) is 38.1 Å². The van der Waals surface area contributed by atoms with Crippen LogP contribution in [0.15, 0.2) is 54.6 Å². The molecule has 136 valence electrons. The number of rotatable bonds is 7. The van der Waals surface area contributed by atoms with Crippen molar-refractivity contribution in [3.8, 4) is 5.75 Å². The molecular weight excluding hydrogens is 328 g/mol. The number of nitrogens with one attached hydrogen (secondary N) is 1. The standard InChI is InChI=1S/C21H24N2O3/c1-4-23(5-2)21(25)17-10-12-18(13-11-17)22-20(24)14-9-16-7-6-8-19(15-16)26-3/h6-15H,4-5H2,1-3H3,(H,22,24)/b14-9+. The number of anilines is 1. The molecule has 0 aromatic heterocycles. The Kier molecular flexibility index (Phi) is 6.97. The van der Waals surface area contributed by atoms with Crippen LogP contribution in [0.1, 0.15) is 29.8 Å². The first-order chi connectivity index (χ1) is 12.6. The molecule has 0 fully saturated rings. The van der Waals surface area contributed by atoms with Crippen LogP contribution in [0.4, 0.5) is 5.69 Å². The second-order valence-electron chi connectivity index (χ2n) is 5.65. The van der Waals surface area contributed by atoms with Gasteiger partial charge < -0.3 is 15.0 Å². The maximum absolute atomic E-state index is 12.3. The van der Waals surface area contributed by atoms with Gasteiger partial charge in [0, 0.05) is 30.4 Å². The maximum atomic E-state index is 12.3. The van der Waals surface area contributed by atoms with Crippen LogP contribution < -0.4 is 10.1 Å².